The van der Waals surface area contributed by atoms with Crippen LogP contribution in [0.4, 0.5) is 0 Å². The molecule has 0 aromatic heterocycles. The van der Waals surface area contributed by atoms with Crippen LogP contribution in [-0.2, 0) is 9.53 Å². The number of hydrogen-bond acceptors (Lipinski definition) is 3. The number of ether oxygens (including phenoxy) is 1. The van der Waals surface area contributed by atoms with Gasteiger partial charge in [-0.3, -0.25) is 4.79 Å². The van der Waals surface area contributed by atoms with Gasteiger partial charge in [0, 0.05) is 6.92 Å². The number of hydrogen-bond donors (Lipinski definition) is 1. The van der Waals surface area contributed by atoms with Crippen molar-refractivity contribution in [1.82, 2.24) is 0 Å². The molecule has 8 heavy (non-hydrogen) atoms. The third-order valence-electron chi connectivity index (χ3n) is 0.337. The predicted octanol–water partition coefficient (Wildman–Crippen LogP) is -3.00. The van der Waals surface area contributed by atoms with Gasteiger partial charge in [0.2, 0.25) is 0 Å². The monoisotopic (exact) mass is 128 g/mol. The summed E-state index contributed by atoms with van der Waals surface area (Å²) in [5, 5.41) is 8.28. The zero-order valence-corrected chi connectivity index (χ0v) is 7.34. The molecule has 0 aromatic carbocycles. The molecule has 0 spiro atoms. The van der Waals surface area contributed by atoms with Gasteiger partial charge in [-0.05, 0) is 6.92 Å². The van der Waals surface area contributed by atoms with Crippen LogP contribution in [0.5, 0.6) is 0 Å². The van der Waals surface area contributed by atoms with Crippen LogP contribution >= 0.6 is 0 Å². The molecule has 0 aliphatic heterocycles. The molecule has 0 amide bonds. The summed E-state index contributed by atoms with van der Waals surface area (Å²) >= 11 is 0. The molecule has 44 valence electrons. The first-order valence-electron chi connectivity index (χ1n) is 1.98. The summed E-state index contributed by atoms with van der Waals surface area (Å²) in [6, 6.07) is 0. The van der Waals surface area contributed by atoms with Gasteiger partial charge in [0.05, 0.1) is 0 Å². The number of carbonyl (C=O) groups excluding carboxylic acids is 1. The molecule has 0 radical (unpaired) electrons. The van der Waals surface area contributed by atoms with E-state index in [1.807, 2.05) is 0 Å². The molecule has 0 aromatic rings. The van der Waals surface area contributed by atoms with Crippen LogP contribution < -0.4 is 29.6 Å². The van der Waals surface area contributed by atoms with Crippen molar-refractivity contribution in [3.63, 3.8) is 0 Å². The molecular weight excluding hydrogens is 119 g/mol. The van der Waals surface area contributed by atoms with Gasteiger partial charge in [0.1, 0.15) is 0 Å². The third kappa shape index (κ3) is 9.66. The van der Waals surface area contributed by atoms with E-state index in [-0.39, 0.29) is 31.0 Å². The summed E-state index contributed by atoms with van der Waals surface area (Å²) in [5.74, 6) is -0.463. The van der Waals surface area contributed by atoms with Crippen molar-refractivity contribution in [2.75, 3.05) is 0 Å². The SMILES string of the molecule is CC(=O)OC(C)O.[H-].[Na+]. The van der Waals surface area contributed by atoms with Gasteiger partial charge in [-0.25, -0.2) is 0 Å². The predicted molar refractivity (Wildman–Crippen MR) is 24.6 cm³/mol. The Morgan fingerprint density at radius 3 is 2.25 bits per heavy atom. The topological polar surface area (TPSA) is 46.5 Å². The van der Waals surface area contributed by atoms with Crippen molar-refractivity contribution >= 4 is 5.97 Å². The largest absolute Gasteiger partial charge is 1.00 e. The van der Waals surface area contributed by atoms with Crippen LogP contribution in [-0.4, -0.2) is 17.4 Å². The Hall–Kier alpha value is 0.430. The number of rotatable bonds is 1. The Balaban J connectivity index is -0.000000180. The Bertz CT molecular complexity index is 76.2. The van der Waals surface area contributed by atoms with E-state index in [2.05, 4.69) is 4.74 Å². The van der Waals surface area contributed by atoms with Crippen LogP contribution in [0.1, 0.15) is 15.3 Å². The molecule has 4 heteroatoms. The summed E-state index contributed by atoms with van der Waals surface area (Å²) in [5.41, 5.74) is 0. The number of carbonyl (C=O) groups is 1. The van der Waals surface area contributed by atoms with E-state index < -0.39 is 12.3 Å². The fraction of sp³-hybridized carbons (Fsp3) is 0.750. The second kappa shape index (κ2) is 5.56. The third-order valence-corrected chi connectivity index (χ3v) is 0.337. The summed E-state index contributed by atoms with van der Waals surface area (Å²) in [6.45, 7) is 2.62. The molecule has 1 atom stereocenters. The maximum Gasteiger partial charge on any atom is 1.00 e. The molecule has 3 nitrogen and oxygen atoms in total. The fourth-order valence-corrected chi connectivity index (χ4v) is 0.240. The van der Waals surface area contributed by atoms with E-state index >= 15 is 0 Å². The molecule has 0 saturated heterocycles. The molecule has 0 aliphatic rings. The van der Waals surface area contributed by atoms with Crippen molar-refractivity contribution in [1.29, 1.82) is 0 Å². The normalized spacial score (nSPS) is 11.4. The van der Waals surface area contributed by atoms with Gasteiger partial charge in [0.15, 0.2) is 6.29 Å². The quantitative estimate of drug-likeness (QED) is 0.232. The maximum absolute atomic E-state index is 9.87. The van der Waals surface area contributed by atoms with Gasteiger partial charge < -0.3 is 11.3 Å². The first kappa shape index (κ1) is 11.3. The van der Waals surface area contributed by atoms with Crippen LogP contribution in [0.15, 0.2) is 0 Å². The molecule has 0 bridgehead atoms. The van der Waals surface area contributed by atoms with E-state index in [0.29, 0.717) is 0 Å². The zero-order valence-electron chi connectivity index (χ0n) is 6.34. The first-order chi connectivity index (χ1) is 3.13. The van der Waals surface area contributed by atoms with Gasteiger partial charge in [-0.1, -0.05) is 0 Å². The summed E-state index contributed by atoms with van der Waals surface area (Å²) in [6.07, 6.45) is -0.975. The second-order valence-electron chi connectivity index (χ2n) is 1.21. The van der Waals surface area contributed by atoms with Gasteiger partial charge >= 0.3 is 35.5 Å². The van der Waals surface area contributed by atoms with E-state index in [1.54, 1.807) is 0 Å². The zero-order chi connectivity index (χ0) is 5.86. The van der Waals surface area contributed by atoms with Crippen LogP contribution in [0.3, 0.4) is 0 Å². The van der Waals surface area contributed by atoms with Crippen molar-refractivity contribution in [3.05, 3.63) is 0 Å². The molecule has 0 fully saturated rings. The molecule has 0 saturated carbocycles. The molecule has 0 heterocycles. The Labute approximate surface area is 71.8 Å². The van der Waals surface area contributed by atoms with E-state index in [0.717, 1.165) is 0 Å². The molecular formula is C4H9NaO3. The number of aliphatic hydroxyl groups is 1. The van der Waals surface area contributed by atoms with Crippen molar-refractivity contribution in [3.8, 4) is 0 Å². The van der Waals surface area contributed by atoms with E-state index in [1.165, 1.54) is 13.8 Å². The molecule has 0 rings (SSSR count). The van der Waals surface area contributed by atoms with Crippen molar-refractivity contribution in [2.24, 2.45) is 0 Å². The van der Waals surface area contributed by atoms with Crippen molar-refractivity contribution < 1.29 is 45.6 Å². The summed E-state index contributed by atoms with van der Waals surface area (Å²) in [4.78, 5) is 9.87. The van der Waals surface area contributed by atoms with Gasteiger partial charge in [0.25, 0.3) is 0 Å². The van der Waals surface area contributed by atoms with E-state index in [4.69, 9.17) is 5.11 Å². The van der Waals surface area contributed by atoms with Crippen LogP contribution in [0, 0.1) is 0 Å². The standard InChI is InChI=1S/C4H8O3.Na.H/c1-3(5)7-4(2)6;;/h3,5H,1-2H3;;/q;+1;-1. The minimum atomic E-state index is -0.975. The minimum Gasteiger partial charge on any atom is -1.00 e. The number of esters is 1. The van der Waals surface area contributed by atoms with Gasteiger partial charge in [-0.15, -0.1) is 0 Å². The molecule has 1 unspecified atom stereocenters. The molecule has 1 N–H and O–H groups in total. The first-order valence-corrected chi connectivity index (χ1v) is 1.98. The Kier molecular flexibility index (Phi) is 7.83. The summed E-state index contributed by atoms with van der Waals surface area (Å²) in [7, 11) is 0. The molecule has 0 aliphatic carbocycles. The van der Waals surface area contributed by atoms with Gasteiger partial charge in [-0.2, -0.15) is 0 Å². The number of aliphatic hydroxyl groups excluding tert-OH is 1. The average Bonchev–Trinajstić information content (AvgIpc) is 1.27. The second-order valence-corrected chi connectivity index (χ2v) is 1.21. The minimum absolute atomic E-state index is 0. The van der Waals surface area contributed by atoms with Crippen LogP contribution in [0.25, 0.3) is 0 Å². The fourth-order valence-electron chi connectivity index (χ4n) is 0.240. The Morgan fingerprint density at radius 1 is 1.88 bits per heavy atom. The van der Waals surface area contributed by atoms with E-state index in [9.17, 15) is 4.79 Å². The Morgan fingerprint density at radius 2 is 2.25 bits per heavy atom. The van der Waals surface area contributed by atoms with Crippen LogP contribution in [0.2, 0.25) is 0 Å². The summed E-state index contributed by atoms with van der Waals surface area (Å²) < 4.78 is 4.17. The average molecular weight is 128 g/mol. The maximum atomic E-state index is 9.87. The smallest absolute Gasteiger partial charge is 1.00 e. The van der Waals surface area contributed by atoms with Crippen molar-refractivity contribution in [2.45, 2.75) is 20.1 Å².